The monoisotopic (exact) mass is 216 g/mol. The predicted octanol–water partition coefficient (Wildman–Crippen LogP) is 2.00. The molecule has 0 spiro atoms. The second-order valence-corrected chi connectivity index (χ2v) is 4.05. The molecule has 0 N–H and O–H groups in total. The topological polar surface area (TPSA) is 38.8 Å². The van der Waals surface area contributed by atoms with Crippen LogP contribution in [0.5, 0.6) is 0 Å². The number of carbonyl (C=O) groups is 1. The Morgan fingerprint density at radius 1 is 1.19 bits per heavy atom. The van der Waals surface area contributed by atoms with E-state index in [9.17, 15) is 4.79 Å². The Kier molecular flexibility index (Phi) is 2.26. The first-order chi connectivity index (χ1) is 7.84. The van der Waals surface area contributed by atoms with Crippen LogP contribution in [-0.4, -0.2) is 18.2 Å². The molecule has 3 heteroatoms. The summed E-state index contributed by atoms with van der Waals surface area (Å²) in [5, 5.41) is 0. The fraction of sp³-hybridized carbons (Fsp3) is 0.308. The molecule has 82 valence electrons. The van der Waals surface area contributed by atoms with Gasteiger partial charge in [0.25, 0.3) is 0 Å². The summed E-state index contributed by atoms with van der Waals surface area (Å²) in [6.45, 7) is 0. The standard InChI is InChI=1S/C13H12O3/c14-11-8-4-7-10(15-11)13-12(16-13)9-5-2-1-3-6-9/h1-6,8,10,12-13H,7H2/t10-,12-,13-/m1/s1. The molecule has 1 fully saturated rings. The molecule has 0 bridgehead atoms. The smallest absolute Gasteiger partial charge is 0.330 e. The molecule has 2 aliphatic rings. The van der Waals surface area contributed by atoms with Gasteiger partial charge in [0.15, 0.2) is 0 Å². The molecule has 0 aliphatic carbocycles. The van der Waals surface area contributed by atoms with Crippen LogP contribution in [-0.2, 0) is 14.3 Å². The van der Waals surface area contributed by atoms with Crippen LogP contribution < -0.4 is 0 Å². The third-order valence-electron chi connectivity index (χ3n) is 2.91. The number of rotatable bonds is 2. The number of hydrogen-bond acceptors (Lipinski definition) is 3. The summed E-state index contributed by atoms with van der Waals surface area (Å²) in [6, 6.07) is 10.0. The van der Waals surface area contributed by atoms with Crippen LogP contribution in [0.15, 0.2) is 42.5 Å². The van der Waals surface area contributed by atoms with Gasteiger partial charge >= 0.3 is 5.97 Å². The van der Waals surface area contributed by atoms with Gasteiger partial charge in [0.2, 0.25) is 0 Å². The molecule has 0 radical (unpaired) electrons. The average molecular weight is 216 g/mol. The van der Waals surface area contributed by atoms with Crippen LogP contribution in [0.2, 0.25) is 0 Å². The zero-order chi connectivity index (χ0) is 11.0. The van der Waals surface area contributed by atoms with Crippen molar-refractivity contribution in [2.45, 2.75) is 24.7 Å². The van der Waals surface area contributed by atoms with Crippen LogP contribution in [0.1, 0.15) is 18.1 Å². The molecule has 16 heavy (non-hydrogen) atoms. The van der Waals surface area contributed by atoms with E-state index in [1.807, 2.05) is 36.4 Å². The Balaban J connectivity index is 1.68. The minimum absolute atomic E-state index is 0.0244. The van der Waals surface area contributed by atoms with E-state index < -0.39 is 0 Å². The number of esters is 1. The van der Waals surface area contributed by atoms with E-state index in [1.165, 1.54) is 6.08 Å². The van der Waals surface area contributed by atoms with Gasteiger partial charge in [-0.05, 0) is 5.56 Å². The fourth-order valence-corrected chi connectivity index (χ4v) is 2.05. The van der Waals surface area contributed by atoms with Crippen molar-refractivity contribution in [3.63, 3.8) is 0 Å². The van der Waals surface area contributed by atoms with Crippen molar-refractivity contribution >= 4 is 5.97 Å². The zero-order valence-electron chi connectivity index (χ0n) is 8.71. The second kappa shape index (κ2) is 3.76. The van der Waals surface area contributed by atoms with Crippen molar-refractivity contribution in [3.05, 3.63) is 48.0 Å². The minimum Gasteiger partial charge on any atom is -0.456 e. The largest absolute Gasteiger partial charge is 0.456 e. The summed E-state index contributed by atoms with van der Waals surface area (Å²) in [6.07, 6.45) is 4.06. The molecule has 0 amide bonds. The van der Waals surface area contributed by atoms with E-state index in [4.69, 9.17) is 9.47 Å². The number of ether oxygens (including phenoxy) is 2. The third kappa shape index (κ3) is 1.74. The van der Waals surface area contributed by atoms with Gasteiger partial charge in [-0.1, -0.05) is 36.4 Å². The first-order valence-corrected chi connectivity index (χ1v) is 5.42. The Hall–Kier alpha value is -1.61. The van der Waals surface area contributed by atoms with Crippen LogP contribution in [0.3, 0.4) is 0 Å². The summed E-state index contributed by atoms with van der Waals surface area (Å²) in [5.74, 6) is -0.265. The quantitative estimate of drug-likeness (QED) is 0.560. The lowest BCUT2D eigenvalue weighted by atomic mass is 10.0. The Morgan fingerprint density at radius 2 is 2.00 bits per heavy atom. The molecular formula is C13H12O3. The molecule has 2 aliphatic heterocycles. The van der Waals surface area contributed by atoms with E-state index in [2.05, 4.69) is 0 Å². The third-order valence-corrected chi connectivity index (χ3v) is 2.91. The summed E-state index contributed by atoms with van der Waals surface area (Å²) in [4.78, 5) is 11.1. The van der Waals surface area contributed by atoms with E-state index in [0.29, 0.717) is 0 Å². The molecule has 1 aromatic rings. The first kappa shape index (κ1) is 9.60. The lowest BCUT2D eigenvalue weighted by Gasteiger charge is -2.16. The molecule has 3 nitrogen and oxygen atoms in total. The molecule has 0 unspecified atom stereocenters. The maximum absolute atomic E-state index is 11.1. The van der Waals surface area contributed by atoms with Crippen molar-refractivity contribution in [1.82, 2.24) is 0 Å². The van der Waals surface area contributed by atoms with Gasteiger partial charge in [-0.3, -0.25) is 0 Å². The number of carbonyl (C=O) groups excluding carboxylic acids is 1. The van der Waals surface area contributed by atoms with Crippen LogP contribution in [0.25, 0.3) is 0 Å². The number of epoxide rings is 1. The highest BCUT2D eigenvalue weighted by Crippen LogP contribution is 2.43. The van der Waals surface area contributed by atoms with Crippen molar-refractivity contribution in [2.24, 2.45) is 0 Å². The van der Waals surface area contributed by atoms with Crippen LogP contribution in [0, 0.1) is 0 Å². The van der Waals surface area contributed by atoms with Crippen molar-refractivity contribution < 1.29 is 14.3 Å². The molecule has 3 atom stereocenters. The van der Waals surface area contributed by atoms with Crippen molar-refractivity contribution in [3.8, 4) is 0 Å². The van der Waals surface area contributed by atoms with E-state index in [1.54, 1.807) is 0 Å². The summed E-state index contributed by atoms with van der Waals surface area (Å²) in [7, 11) is 0. The summed E-state index contributed by atoms with van der Waals surface area (Å²) >= 11 is 0. The average Bonchev–Trinajstić information content (AvgIpc) is 3.10. The van der Waals surface area contributed by atoms with Gasteiger partial charge < -0.3 is 9.47 Å². The van der Waals surface area contributed by atoms with E-state index in [-0.39, 0.29) is 24.3 Å². The van der Waals surface area contributed by atoms with E-state index >= 15 is 0 Å². The maximum atomic E-state index is 11.1. The molecule has 2 heterocycles. The van der Waals surface area contributed by atoms with Crippen molar-refractivity contribution in [2.75, 3.05) is 0 Å². The Bertz CT molecular complexity index is 424. The zero-order valence-corrected chi connectivity index (χ0v) is 8.71. The molecule has 1 saturated heterocycles. The Morgan fingerprint density at radius 3 is 2.75 bits per heavy atom. The predicted molar refractivity (Wildman–Crippen MR) is 57.7 cm³/mol. The lowest BCUT2D eigenvalue weighted by molar-refractivity contribution is -0.145. The SMILES string of the molecule is O=C1C=CC[C@H]([C@H]2O[C@@H]2c2ccccc2)O1. The molecule has 1 aromatic carbocycles. The van der Waals surface area contributed by atoms with Crippen LogP contribution in [0.4, 0.5) is 0 Å². The molecule has 0 aromatic heterocycles. The summed E-state index contributed by atoms with van der Waals surface area (Å²) in [5.41, 5.74) is 1.15. The number of hydrogen-bond donors (Lipinski definition) is 0. The molecular weight excluding hydrogens is 204 g/mol. The highest BCUT2D eigenvalue weighted by molar-refractivity contribution is 5.82. The van der Waals surface area contributed by atoms with Crippen molar-refractivity contribution in [1.29, 1.82) is 0 Å². The molecule has 0 saturated carbocycles. The Labute approximate surface area is 93.7 Å². The highest BCUT2D eigenvalue weighted by atomic mass is 16.6. The molecule has 3 rings (SSSR count). The maximum Gasteiger partial charge on any atom is 0.330 e. The second-order valence-electron chi connectivity index (χ2n) is 4.05. The highest BCUT2D eigenvalue weighted by Gasteiger charge is 2.47. The lowest BCUT2D eigenvalue weighted by Crippen LogP contribution is -2.25. The normalized spacial score (nSPS) is 32.2. The van der Waals surface area contributed by atoms with Gasteiger partial charge in [-0.2, -0.15) is 0 Å². The van der Waals surface area contributed by atoms with Gasteiger partial charge in [0, 0.05) is 12.5 Å². The van der Waals surface area contributed by atoms with Gasteiger partial charge in [-0.15, -0.1) is 0 Å². The minimum atomic E-state index is -0.265. The first-order valence-electron chi connectivity index (χ1n) is 5.42. The van der Waals surface area contributed by atoms with Crippen LogP contribution >= 0.6 is 0 Å². The number of cyclic esters (lactones) is 1. The van der Waals surface area contributed by atoms with E-state index in [0.717, 1.165) is 12.0 Å². The van der Waals surface area contributed by atoms with Gasteiger partial charge in [-0.25, -0.2) is 4.79 Å². The summed E-state index contributed by atoms with van der Waals surface area (Å²) < 4.78 is 10.8. The number of benzene rings is 1. The fourth-order valence-electron chi connectivity index (χ4n) is 2.05. The van der Waals surface area contributed by atoms with Gasteiger partial charge in [0.1, 0.15) is 18.3 Å². The van der Waals surface area contributed by atoms with Gasteiger partial charge in [0.05, 0.1) is 0 Å².